The average Bonchev–Trinajstić information content (AvgIpc) is 2.95. The van der Waals surface area contributed by atoms with Gasteiger partial charge >= 0.3 is 0 Å². The van der Waals surface area contributed by atoms with Gasteiger partial charge in [-0.15, -0.1) is 0 Å². The summed E-state index contributed by atoms with van der Waals surface area (Å²) in [5.41, 5.74) is 0.982. The van der Waals surface area contributed by atoms with E-state index < -0.39 is 0 Å². The van der Waals surface area contributed by atoms with Gasteiger partial charge in [-0.3, -0.25) is 0 Å². The molecule has 0 aliphatic rings. The normalized spacial score (nSPS) is 12.1. The van der Waals surface area contributed by atoms with Crippen LogP contribution in [0.5, 0.6) is 5.75 Å². The lowest BCUT2D eigenvalue weighted by molar-refractivity contribution is 0.163. The molecule has 0 bridgehead atoms. The molecule has 5 heteroatoms. The Bertz CT molecular complexity index is 537. The van der Waals surface area contributed by atoms with Crippen molar-refractivity contribution in [3.05, 3.63) is 36.7 Å². The highest BCUT2D eigenvalue weighted by atomic mass is 16.5. The van der Waals surface area contributed by atoms with E-state index in [2.05, 4.69) is 28.7 Å². The van der Waals surface area contributed by atoms with Crippen LogP contribution in [0.4, 0.5) is 11.6 Å². The molecule has 0 fully saturated rings. The predicted molar refractivity (Wildman–Crippen MR) is 84.3 cm³/mol. The van der Waals surface area contributed by atoms with Gasteiger partial charge in [0.1, 0.15) is 5.75 Å². The van der Waals surface area contributed by atoms with E-state index in [9.17, 15) is 0 Å². The summed E-state index contributed by atoms with van der Waals surface area (Å²) < 4.78 is 12.8. The highest BCUT2D eigenvalue weighted by Gasteiger charge is 2.09. The van der Waals surface area contributed by atoms with Gasteiger partial charge in [-0.1, -0.05) is 6.92 Å². The Hall–Kier alpha value is -2.01. The molecular formula is C16H23N3O2. The third-order valence-corrected chi connectivity index (χ3v) is 3.13. The number of aromatic nitrogens is 2. The van der Waals surface area contributed by atoms with Crippen molar-refractivity contribution in [3.8, 4) is 5.75 Å². The van der Waals surface area contributed by atoms with Crippen molar-refractivity contribution in [3.63, 3.8) is 0 Å². The van der Waals surface area contributed by atoms with Gasteiger partial charge in [0.25, 0.3) is 0 Å². The topological polar surface area (TPSA) is 48.3 Å². The van der Waals surface area contributed by atoms with Crippen molar-refractivity contribution in [2.75, 3.05) is 25.6 Å². The van der Waals surface area contributed by atoms with Gasteiger partial charge in [-0.05, 0) is 37.6 Å². The van der Waals surface area contributed by atoms with E-state index in [1.165, 1.54) is 0 Å². The fraction of sp³-hybridized carbons (Fsp3) is 0.438. The van der Waals surface area contributed by atoms with Crippen LogP contribution in [-0.2, 0) is 4.74 Å². The molecule has 0 aliphatic heterocycles. The van der Waals surface area contributed by atoms with E-state index in [0.29, 0.717) is 6.61 Å². The van der Waals surface area contributed by atoms with Gasteiger partial charge in [0, 0.05) is 25.2 Å². The van der Waals surface area contributed by atoms with E-state index in [1.54, 1.807) is 13.3 Å². The van der Waals surface area contributed by atoms with Crippen LogP contribution in [0, 0.1) is 0 Å². The second-order valence-corrected chi connectivity index (χ2v) is 4.96. The van der Waals surface area contributed by atoms with Gasteiger partial charge in [0.15, 0.2) is 0 Å². The fourth-order valence-electron chi connectivity index (χ4n) is 2.07. The zero-order valence-electron chi connectivity index (χ0n) is 12.9. The maximum absolute atomic E-state index is 5.57. The molecule has 1 unspecified atom stereocenters. The Morgan fingerprint density at radius 1 is 1.29 bits per heavy atom. The number of nitrogens with zero attached hydrogens (tertiary/aromatic N) is 2. The Morgan fingerprint density at radius 2 is 2.05 bits per heavy atom. The smallest absolute Gasteiger partial charge is 0.207 e. The fourth-order valence-corrected chi connectivity index (χ4v) is 2.07. The second kappa shape index (κ2) is 7.69. The summed E-state index contributed by atoms with van der Waals surface area (Å²) in [5, 5.41) is 3.32. The van der Waals surface area contributed by atoms with Crippen LogP contribution >= 0.6 is 0 Å². The molecule has 2 aromatic rings. The van der Waals surface area contributed by atoms with Gasteiger partial charge in [-0.2, -0.15) is 0 Å². The summed E-state index contributed by atoms with van der Waals surface area (Å²) in [5.74, 6) is 1.69. The number of hydrogen-bond acceptors (Lipinski definition) is 4. The first-order chi connectivity index (χ1) is 10.2. The third-order valence-electron chi connectivity index (χ3n) is 3.13. The number of benzene rings is 1. The zero-order chi connectivity index (χ0) is 15.1. The van der Waals surface area contributed by atoms with Crippen molar-refractivity contribution >= 4 is 11.6 Å². The maximum Gasteiger partial charge on any atom is 0.207 e. The third kappa shape index (κ3) is 4.23. The minimum atomic E-state index is 0.229. The van der Waals surface area contributed by atoms with Gasteiger partial charge < -0.3 is 19.4 Å². The lowest BCUT2D eigenvalue weighted by atomic mass is 10.3. The molecule has 0 saturated heterocycles. The lowest BCUT2D eigenvalue weighted by Crippen LogP contribution is -2.12. The molecule has 114 valence electrons. The first-order valence-electron chi connectivity index (χ1n) is 7.26. The summed E-state index contributed by atoms with van der Waals surface area (Å²) in [6.07, 6.45) is 4.74. The number of nitrogens with one attached hydrogen (secondary N) is 1. The number of anilines is 2. The maximum atomic E-state index is 5.57. The van der Waals surface area contributed by atoms with Crippen LogP contribution in [0.15, 0.2) is 36.7 Å². The number of methoxy groups -OCH3 is 1. The SMILES string of the molecule is CCCOc1ccc(Nc2nccn2C(C)COC)cc1. The molecule has 21 heavy (non-hydrogen) atoms. The van der Waals surface area contributed by atoms with E-state index >= 15 is 0 Å². The average molecular weight is 289 g/mol. The molecular weight excluding hydrogens is 266 g/mol. The molecule has 1 atom stereocenters. The first kappa shape index (κ1) is 15.4. The van der Waals surface area contributed by atoms with Gasteiger partial charge in [-0.25, -0.2) is 4.98 Å². The number of ether oxygens (including phenoxy) is 2. The molecule has 0 saturated carbocycles. The van der Waals surface area contributed by atoms with E-state index in [-0.39, 0.29) is 6.04 Å². The number of rotatable bonds is 8. The molecule has 1 aromatic carbocycles. The Kier molecular flexibility index (Phi) is 5.63. The van der Waals surface area contributed by atoms with Crippen molar-refractivity contribution < 1.29 is 9.47 Å². The van der Waals surface area contributed by atoms with Crippen molar-refractivity contribution in [2.45, 2.75) is 26.3 Å². The first-order valence-corrected chi connectivity index (χ1v) is 7.26. The van der Waals surface area contributed by atoms with E-state index in [4.69, 9.17) is 9.47 Å². The summed E-state index contributed by atoms with van der Waals surface area (Å²) in [6.45, 7) is 5.58. The number of hydrogen-bond donors (Lipinski definition) is 1. The predicted octanol–water partition coefficient (Wildman–Crippen LogP) is 3.62. The number of imidazole rings is 1. The Morgan fingerprint density at radius 3 is 2.71 bits per heavy atom. The van der Waals surface area contributed by atoms with Crippen LogP contribution in [0.2, 0.25) is 0 Å². The second-order valence-electron chi connectivity index (χ2n) is 4.96. The zero-order valence-corrected chi connectivity index (χ0v) is 12.9. The van der Waals surface area contributed by atoms with E-state index in [0.717, 1.165) is 30.4 Å². The van der Waals surface area contributed by atoms with Crippen molar-refractivity contribution in [2.24, 2.45) is 0 Å². The largest absolute Gasteiger partial charge is 0.494 e. The van der Waals surface area contributed by atoms with E-state index in [1.807, 2.05) is 30.5 Å². The standard InChI is InChI=1S/C16H23N3O2/c1-4-11-21-15-7-5-14(6-8-15)18-16-17-9-10-19(16)13(2)12-20-3/h5-10,13H,4,11-12H2,1-3H3,(H,17,18). The minimum Gasteiger partial charge on any atom is -0.494 e. The summed E-state index contributed by atoms with van der Waals surface area (Å²) in [7, 11) is 1.70. The van der Waals surface area contributed by atoms with Crippen LogP contribution in [-0.4, -0.2) is 29.9 Å². The summed E-state index contributed by atoms with van der Waals surface area (Å²) in [4.78, 5) is 4.35. The van der Waals surface area contributed by atoms with Crippen LogP contribution in [0.1, 0.15) is 26.3 Å². The molecule has 0 radical (unpaired) electrons. The Labute approximate surface area is 125 Å². The summed E-state index contributed by atoms with van der Waals surface area (Å²) in [6, 6.07) is 8.14. The van der Waals surface area contributed by atoms with Crippen LogP contribution in [0.25, 0.3) is 0 Å². The molecule has 2 rings (SSSR count). The molecule has 1 heterocycles. The van der Waals surface area contributed by atoms with Gasteiger partial charge in [0.2, 0.25) is 5.95 Å². The van der Waals surface area contributed by atoms with Crippen LogP contribution < -0.4 is 10.1 Å². The Balaban J connectivity index is 2.03. The monoisotopic (exact) mass is 289 g/mol. The van der Waals surface area contributed by atoms with Gasteiger partial charge in [0.05, 0.1) is 19.3 Å². The minimum absolute atomic E-state index is 0.229. The van der Waals surface area contributed by atoms with Crippen LogP contribution in [0.3, 0.4) is 0 Å². The molecule has 0 amide bonds. The highest BCUT2D eigenvalue weighted by molar-refractivity contribution is 5.55. The van der Waals surface area contributed by atoms with Crippen molar-refractivity contribution in [1.29, 1.82) is 0 Å². The lowest BCUT2D eigenvalue weighted by Gasteiger charge is -2.16. The molecule has 0 aliphatic carbocycles. The quantitative estimate of drug-likeness (QED) is 0.806. The molecule has 1 N–H and O–H groups in total. The molecule has 0 spiro atoms. The molecule has 5 nitrogen and oxygen atoms in total. The summed E-state index contributed by atoms with van der Waals surface area (Å²) >= 11 is 0. The highest BCUT2D eigenvalue weighted by Crippen LogP contribution is 2.21. The van der Waals surface area contributed by atoms with Crippen molar-refractivity contribution in [1.82, 2.24) is 9.55 Å². The molecule has 1 aromatic heterocycles.